The van der Waals surface area contributed by atoms with Crippen molar-refractivity contribution < 1.29 is 0 Å². The van der Waals surface area contributed by atoms with Gasteiger partial charge in [0.25, 0.3) is 0 Å². The maximum absolute atomic E-state index is 4.98. The second kappa shape index (κ2) is 4.55. The molecule has 2 N–H and O–H groups in total. The summed E-state index contributed by atoms with van der Waals surface area (Å²) in [5, 5.41) is 3.46. The van der Waals surface area contributed by atoms with E-state index in [0.29, 0.717) is 0 Å². The molecule has 9 heavy (non-hydrogen) atoms. The van der Waals surface area contributed by atoms with Gasteiger partial charge in [-0.05, 0) is 35.6 Å². The van der Waals surface area contributed by atoms with Gasteiger partial charge in [-0.1, -0.05) is 12.7 Å². The van der Waals surface area contributed by atoms with Crippen molar-refractivity contribution in [2.75, 3.05) is 0 Å². The number of nitrogens with zero attached hydrogens (tertiary/aromatic N) is 1. The lowest BCUT2D eigenvalue weighted by molar-refractivity contribution is 1.24. The van der Waals surface area contributed by atoms with E-state index in [1.54, 1.807) is 6.08 Å². The Bertz CT molecular complexity index is 158. The molecule has 0 spiro atoms. The van der Waals surface area contributed by atoms with Crippen LogP contribution < -0.4 is 5.84 Å². The Morgan fingerprint density at radius 1 is 1.78 bits per heavy atom. The lowest BCUT2D eigenvalue weighted by Crippen LogP contribution is -1.90. The van der Waals surface area contributed by atoms with Gasteiger partial charge in [-0.2, -0.15) is 5.10 Å². The largest absolute Gasteiger partial charge is 0.323 e. The molecule has 0 rings (SSSR count). The highest BCUT2D eigenvalue weighted by atomic mass is 127. The number of hydrogen-bond donors (Lipinski definition) is 1. The van der Waals surface area contributed by atoms with Gasteiger partial charge in [0.05, 0.1) is 5.71 Å². The fraction of sp³-hybridized carbons (Fsp3) is 0.167. The predicted molar refractivity (Wildman–Crippen MR) is 49.6 cm³/mol. The van der Waals surface area contributed by atoms with Crippen molar-refractivity contribution in [1.82, 2.24) is 0 Å². The average molecular weight is 236 g/mol. The van der Waals surface area contributed by atoms with Crippen molar-refractivity contribution in [2.24, 2.45) is 10.9 Å². The topological polar surface area (TPSA) is 38.4 Å². The van der Waals surface area contributed by atoms with E-state index in [4.69, 9.17) is 5.84 Å². The molecular formula is C6H9IN2. The number of nitrogens with two attached hydrogens (primary N) is 1. The summed E-state index contributed by atoms with van der Waals surface area (Å²) in [4.78, 5) is 0. The van der Waals surface area contributed by atoms with Gasteiger partial charge in [0.1, 0.15) is 0 Å². The van der Waals surface area contributed by atoms with E-state index in [-0.39, 0.29) is 0 Å². The molecule has 2 nitrogen and oxygen atoms in total. The van der Waals surface area contributed by atoms with Crippen LogP contribution in [0.4, 0.5) is 0 Å². The van der Waals surface area contributed by atoms with Crippen LogP contribution in [0.25, 0.3) is 0 Å². The fourth-order valence-electron chi connectivity index (χ4n) is 0.296. The van der Waals surface area contributed by atoms with Crippen molar-refractivity contribution in [3.63, 3.8) is 0 Å². The SMILES string of the molecule is C=C/C(I)=C\C(C)=N/N. The first-order chi connectivity index (χ1) is 4.20. The molecule has 0 fully saturated rings. The smallest absolute Gasteiger partial charge is 0.0580 e. The highest BCUT2D eigenvalue weighted by Crippen LogP contribution is 2.05. The standard InChI is InChI=1S/C6H9IN2/c1-3-6(7)4-5(2)9-8/h3-4H,1,8H2,2H3/b6-4+,9-5-. The van der Waals surface area contributed by atoms with Gasteiger partial charge in [0.15, 0.2) is 0 Å². The number of halogens is 1. The van der Waals surface area contributed by atoms with Crippen LogP contribution in [-0.2, 0) is 0 Å². The Morgan fingerprint density at radius 2 is 2.33 bits per heavy atom. The molecule has 0 aromatic rings. The molecule has 0 bridgehead atoms. The monoisotopic (exact) mass is 236 g/mol. The molecule has 0 saturated carbocycles. The zero-order valence-electron chi connectivity index (χ0n) is 5.26. The normalized spacial score (nSPS) is 13.6. The molecule has 0 aliphatic rings. The van der Waals surface area contributed by atoms with E-state index in [0.717, 1.165) is 9.29 Å². The van der Waals surface area contributed by atoms with Crippen LogP contribution in [-0.4, -0.2) is 5.71 Å². The average Bonchev–Trinajstić information content (AvgIpc) is 1.87. The molecule has 0 aromatic carbocycles. The summed E-state index contributed by atoms with van der Waals surface area (Å²) < 4.78 is 1.04. The Labute approximate surface area is 68.7 Å². The third-order valence-electron chi connectivity index (χ3n) is 0.745. The van der Waals surface area contributed by atoms with Gasteiger partial charge in [0, 0.05) is 3.58 Å². The van der Waals surface area contributed by atoms with Crippen LogP contribution in [0.2, 0.25) is 0 Å². The van der Waals surface area contributed by atoms with E-state index in [9.17, 15) is 0 Å². The Kier molecular flexibility index (Phi) is 4.39. The Hall–Kier alpha value is -0.320. The third kappa shape index (κ3) is 4.20. The molecule has 0 aromatic heterocycles. The number of allylic oxidation sites excluding steroid dienone is 3. The number of rotatable bonds is 2. The quantitative estimate of drug-likeness (QED) is 0.256. The molecule has 0 saturated heterocycles. The first-order valence-electron chi connectivity index (χ1n) is 2.45. The van der Waals surface area contributed by atoms with E-state index >= 15 is 0 Å². The summed E-state index contributed by atoms with van der Waals surface area (Å²) in [7, 11) is 0. The van der Waals surface area contributed by atoms with E-state index in [1.807, 2.05) is 13.0 Å². The van der Waals surface area contributed by atoms with Crippen LogP contribution in [0.1, 0.15) is 6.92 Å². The molecule has 0 amide bonds. The van der Waals surface area contributed by atoms with Gasteiger partial charge in [0.2, 0.25) is 0 Å². The summed E-state index contributed by atoms with van der Waals surface area (Å²) >= 11 is 2.15. The van der Waals surface area contributed by atoms with E-state index < -0.39 is 0 Å². The van der Waals surface area contributed by atoms with E-state index in [1.165, 1.54) is 0 Å². The zero-order chi connectivity index (χ0) is 7.28. The van der Waals surface area contributed by atoms with Gasteiger partial charge >= 0.3 is 0 Å². The Morgan fingerprint density at radius 3 is 2.67 bits per heavy atom. The minimum Gasteiger partial charge on any atom is -0.323 e. The molecule has 0 aliphatic heterocycles. The Balaban J connectivity index is 4.11. The van der Waals surface area contributed by atoms with E-state index in [2.05, 4.69) is 34.3 Å². The fourth-order valence-corrected chi connectivity index (χ4v) is 0.746. The maximum atomic E-state index is 4.98. The second-order valence-corrected chi connectivity index (χ2v) is 2.75. The lowest BCUT2D eigenvalue weighted by Gasteiger charge is -1.87. The molecule has 0 heterocycles. The number of hydrazone groups is 1. The van der Waals surface area contributed by atoms with Crippen LogP contribution >= 0.6 is 22.6 Å². The molecule has 0 aliphatic carbocycles. The van der Waals surface area contributed by atoms with Gasteiger partial charge in [-0.15, -0.1) is 0 Å². The summed E-state index contributed by atoms with van der Waals surface area (Å²) in [6.07, 6.45) is 3.60. The summed E-state index contributed by atoms with van der Waals surface area (Å²) in [5.41, 5.74) is 0.805. The lowest BCUT2D eigenvalue weighted by atomic mass is 10.4. The minimum absolute atomic E-state index is 0.805. The van der Waals surface area contributed by atoms with Crippen molar-refractivity contribution in [1.29, 1.82) is 0 Å². The summed E-state index contributed by atoms with van der Waals surface area (Å²) in [6.45, 7) is 5.41. The predicted octanol–water partition coefficient (Wildman–Crippen LogP) is 1.83. The summed E-state index contributed by atoms with van der Waals surface area (Å²) in [5.74, 6) is 4.98. The zero-order valence-corrected chi connectivity index (χ0v) is 7.42. The molecular weight excluding hydrogens is 227 g/mol. The van der Waals surface area contributed by atoms with Crippen LogP contribution in [0.15, 0.2) is 27.4 Å². The van der Waals surface area contributed by atoms with Gasteiger partial charge in [-0.25, -0.2) is 0 Å². The molecule has 0 radical (unpaired) electrons. The van der Waals surface area contributed by atoms with Gasteiger partial charge < -0.3 is 5.84 Å². The number of hydrogen-bond acceptors (Lipinski definition) is 2. The molecule has 0 atom stereocenters. The highest BCUT2D eigenvalue weighted by Gasteiger charge is 1.83. The van der Waals surface area contributed by atoms with Crippen LogP contribution in [0.3, 0.4) is 0 Å². The molecule has 3 heteroatoms. The van der Waals surface area contributed by atoms with Crippen molar-refractivity contribution >= 4 is 28.3 Å². The van der Waals surface area contributed by atoms with Gasteiger partial charge in [-0.3, -0.25) is 0 Å². The second-order valence-electron chi connectivity index (χ2n) is 1.50. The molecule has 0 unspecified atom stereocenters. The maximum Gasteiger partial charge on any atom is 0.0580 e. The van der Waals surface area contributed by atoms with Crippen molar-refractivity contribution in [3.8, 4) is 0 Å². The van der Waals surface area contributed by atoms with Crippen LogP contribution in [0.5, 0.6) is 0 Å². The third-order valence-corrected chi connectivity index (χ3v) is 1.50. The summed E-state index contributed by atoms with van der Waals surface area (Å²) in [6, 6.07) is 0. The van der Waals surface area contributed by atoms with Crippen LogP contribution in [0, 0.1) is 0 Å². The first kappa shape index (κ1) is 8.68. The van der Waals surface area contributed by atoms with Crippen molar-refractivity contribution in [2.45, 2.75) is 6.92 Å². The highest BCUT2D eigenvalue weighted by molar-refractivity contribution is 14.1. The van der Waals surface area contributed by atoms with Crippen molar-refractivity contribution in [3.05, 3.63) is 22.3 Å². The molecule has 50 valence electrons. The first-order valence-corrected chi connectivity index (χ1v) is 3.52. The minimum atomic E-state index is 0.805.